The van der Waals surface area contributed by atoms with Crippen molar-refractivity contribution in [3.63, 3.8) is 0 Å². The van der Waals surface area contributed by atoms with Crippen LogP contribution in [0.1, 0.15) is 16.7 Å². The first-order valence-corrected chi connectivity index (χ1v) is 6.00. The van der Waals surface area contributed by atoms with Gasteiger partial charge >= 0.3 is 0 Å². The molecule has 0 aliphatic heterocycles. The van der Waals surface area contributed by atoms with Gasteiger partial charge in [-0.05, 0) is 37.6 Å². The van der Waals surface area contributed by atoms with E-state index in [1.807, 2.05) is 6.92 Å². The molecule has 2 rings (SSSR count). The second-order valence-electron chi connectivity index (χ2n) is 4.43. The van der Waals surface area contributed by atoms with Gasteiger partial charge in [-0.25, -0.2) is 4.98 Å². The summed E-state index contributed by atoms with van der Waals surface area (Å²) in [6.07, 6.45) is 1.53. The molecule has 104 valence electrons. The number of nitrogens with zero attached hydrogens (tertiary/aromatic N) is 2. The van der Waals surface area contributed by atoms with E-state index in [-0.39, 0.29) is 12.3 Å². The Kier molecular flexibility index (Phi) is 3.95. The Hall–Kier alpha value is -2.47. The van der Waals surface area contributed by atoms with Gasteiger partial charge in [0, 0.05) is 23.4 Å². The molecule has 0 saturated heterocycles. The predicted molar refractivity (Wildman–Crippen MR) is 72.8 cm³/mol. The number of aliphatic hydroxyl groups excluding tert-OH is 1. The van der Waals surface area contributed by atoms with Gasteiger partial charge in [-0.2, -0.15) is 0 Å². The molecule has 0 atom stereocenters. The number of rotatable bonds is 4. The van der Waals surface area contributed by atoms with Crippen molar-refractivity contribution in [1.82, 2.24) is 4.98 Å². The van der Waals surface area contributed by atoms with Crippen molar-refractivity contribution in [2.75, 3.05) is 0 Å². The van der Waals surface area contributed by atoms with E-state index < -0.39 is 4.92 Å². The van der Waals surface area contributed by atoms with Crippen molar-refractivity contribution in [2.45, 2.75) is 20.5 Å². The summed E-state index contributed by atoms with van der Waals surface area (Å²) in [5.41, 5.74) is 2.07. The smallest absolute Gasteiger partial charge is 0.272 e. The number of benzene rings is 1. The molecule has 0 aliphatic rings. The van der Waals surface area contributed by atoms with Crippen LogP contribution in [0.25, 0.3) is 0 Å². The largest absolute Gasteiger partial charge is 0.439 e. The number of hydrogen-bond donors (Lipinski definition) is 1. The lowest BCUT2D eigenvalue weighted by Crippen LogP contribution is -1.96. The van der Waals surface area contributed by atoms with Crippen LogP contribution in [0.15, 0.2) is 30.5 Å². The minimum Gasteiger partial charge on any atom is -0.439 e. The van der Waals surface area contributed by atoms with Gasteiger partial charge in [-0.15, -0.1) is 0 Å². The topological polar surface area (TPSA) is 85.5 Å². The molecular formula is C14H14N2O4. The Balaban J connectivity index is 2.26. The van der Waals surface area contributed by atoms with Crippen molar-refractivity contribution in [3.05, 3.63) is 57.3 Å². The monoisotopic (exact) mass is 274 g/mol. The Morgan fingerprint density at radius 1 is 1.30 bits per heavy atom. The molecular weight excluding hydrogens is 260 g/mol. The Morgan fingerprint density at radius 3 is 2.60 bits per heavy atom. The van der Waals surface area contributed by atoms with Crippen molar-refractivity contribution in [2.24, 2.45) is 0 Å². The molecule has 0 radical (unpaired) electrons. The van der Waals surface area contributed by atoms with Crippen LogP contribution in [0.4, 0.5) is 5.69 Å². The zero-order valence-electron chi connectivity index (χ0n) is 11.2. The predicted octanol–water partition coefficient (Wildman–Crippen LogP) is 2.89. The standard InChI is InChI=1S/C14H14N2O4/c1-9-6-12(3-4-13(9)16(18)19)20-14-10(2)5-11(8-17)7-15-14/h3-7,17H,8H2,1-2H3. The van der Waals surface area contributed by atoms with Gasteiger partial charge < -0.3 is 9.84 Å². The molecule has 0 unspecified atom stereocenters. The van der Waals surface area contributed by atoms with E-state index in [0.29, 0.717) is 22.8 Å². The van der Waals surface area contributed by atoms with Gasteiger partial charge in [0.25, 0.3) is 5.69 Å². The van der Waals surface area contributed by atoms with Crippen LogP contribution in [0, 0.1) is 24.0 Å². The summed E-state index contributed by atoms with van der Waals surface area (Å²) < 4.78 is 5.61. The van der Waals surface area contributed by atoms with E-state index in [0.717, 1.165) is 5.56 Å². The average Bonchev–Trinajstić information content (AvgIpc) is 2.40. The van der Waals surface area contributed by atoms with Crippen LogP contribution in [0.2, 0.25) is 0 Å². The summed E-state index contributed by atoms with van der Waals surface area (Å²) in [5.74, 6) is 0.899. The molecule has 1 N–H and O–H groups in total. The lowest BCUT2D eigenvalue weighted by molar-refractivity contribution is -0.385. The number of aryl methyl sites for hydroxylation is 2. The first-order valence-electron chi connectivity index (χ1n) is 6.00. The van der Waals surface area contributed by atoms with Gasteiger partial charge in [0.15, 0.2) is 0 Å². The van der Waals surface area contributed by atoms with Crippen LogP contribution in [-0.4, -0.2) is 15.0 Å². The molecule has 0 saturated carbocycles. The number of ether oxygens (including phenoxy) is 1. The third-order valence-corrected chi connectivity index (χ3v) is 2.85. The molecule has 1 heterocycles. The van der Waals surface area contributed by atoms with E-state index in [1.54, 1.807) is 19.1 Å². The Morgan fingerprint density at radius 2 is 2.05 bits per heavy atom. The van der Waals surface area contributed by atoms with Crippen LogP contribution in [0.5, 0.6) is 11.6 Å². The summed E-state index contributed by atoms with van der Waals surface area (Å²) in [4.78, 5) is 14.4. The summed E-state index contributed by atoms with van der Waals surface area (Å²) in [7, 11) is 0. The summed E-state index contributed by atoms with van der Waals surface area (Å²) in [6, 6.07) is 6.31. The molecule has 1 aromatic carbocycles. The summed E-state index contributed by atoms with van der Waals surface area (Å²) in [6.45, 7) is 3.39. The van der Waals surface area contributed by atoms with E-state index in [4.69, 9.17) is 9.84 Å². The zero-order chi connectivity index (χ0) is 14.7. The maximum Gasteiger partial charge on any atom is 0.272 e. The normalized spacial score (nSPS) is 10.3. The number of pyridine rings is 1. The molecule has 0 fully saturated rings. The zero-order valence-corrected chi connectivity index (χ0v) is 11.2. The van der Waals surface area contributed by atoms with Gasteiger partial charge in [0.05, 0.1) is 11.5 Å². The van der Waals surface area contributed by atoms with Crippen LogP contribution >= 0.6 is 0 Å². The van der Waals surface area contributed by atoms with E-state index in [1.165, 1.54) is 18.3 Å². The van der Waals surface area contributed by atoms with E-state index in [9.17, 15) is 10.1 Å². The van der Waals surface area contributed by atoms with Crippen LogP contribution in [-0.2, 0) is 6.61 Å². The SMILES string of the molecule is Cc1cc(Oc2ncc(CO)cc2C)ccc1[N+](=O)[O-]. The molecule has 20 heavy (non-hydrogen) atoms. The third-order valence-electron chi connectivity index (χ3n) is 2.85. The quantitative estimate of drug-likeness (QED) is 0.684. The van der Waals surface area contributed by atoms with Crippen molar-refractivity contribution in [1.29, 1.82) is 0 Å². The molecule has 0 amide bonds. The first kappa shape index (κ1) is 14.0. The number of nitro groups is 1. The van der Waals surface area contributed by atoms with E-state index in [2.05, 4.69) is 4.98 Å². The number of hydrogen-bond acceptors (Lipinski definition) is 5. The van der Waals surface area contributed by atoms with Gasteiger partial charge in [-0.1, -0.05) is 0 Å². The number of aliphatic hydroxyl groups is 1. The highest BCUT2D eigenvalue weighted by atomic mass is 16.6. The summed E-state index contributed by atoms with van der Waals surface area (Å²) in [5, 5.41) is 19.8. The number of nitro benzene ring substituents is 1. The highest BCUT2D eigenvalue weighted by Crippen LogP contribution is 2.27. The van der Waals surface area contributed by atoms with Crippen molar-refractivity contribution in [3.8, 4) is 11.6 Å². The third kappa shape index (κ3) is 2.92. The highest BCUT2D eigenvalue weighted by Gasteiger charge is 2.12. The van der Waals surface area contributed by atoms with Crippen molar-refractivity contribution >= 4 is 5.69 Å². The first-order chi connectivity index (χ1) is 9.51. The second-order valence-corrected chi connectivity index (χ2v) is 4.43. The van der Waals surface area contributed by atoms with Gasteiger partial charge in [-0.3, -0.25) is 10.1 Å². The fourth-order valence-corrected chi connectivity index (χ4v) is 1.82. The molecule has 0 bridgehead atoms. The molecule has 2 aromatic rings. The Bertz CT molecular complexity index is 656. The lowest BCUT2D eigenvalue weighted by Gasteiger charge is -2.09. The highest BCUT2D eigenvalue weighted by molar-refractivity contribution is 5.45. The maximum absolute atomic E-state index is 10.7. The summed E-state index contributed by atoms with van der Waals surface area (Å²) >= 11 is 0. The lowest BCUT2D eigenvalue weighted by atomic mass is 10.2. The average molecular weight is 274 g/mol. The molecule has 0 spiro atoms. The Labute approximate surface area is 115 Å². The molecule has 0 aliphatic carbocycles. The molecule has 1 aromatic heterocycles. The minimum absolute atomic E-state index is 0.0534. The maximum atomic E-state index is 10.7. The van der Waals surface area contributed by atoms with Crippen LogP contribution in [0.3, 0.4) is 0 Å². The number of aromatic nitrogens is 1. The van der Waals surface area contributed by atoms with Gasteiger partial charge in [0.1, 0.15) is 5.75 Å². The molecule has 6 nitrogen and oxygen atoms in total. The van der Waals surface area contributed by atoms with Gasteiger partial charge in [0.2, 0.25) is 5.88 Å². The second kappa shape index (κ2) is 5.66. The van der Waals surface area contributed by atoms with Crippen LogP contribution < -0.4 is 4.74 Å². The fraction of sp³-hybridized carbons (Fsp3) is 0.214. The molecule has 6 heteroatoms. The fourth-order valence-electron chi connectivity index (χ4n) is 1.82. The minimum atomic E-state index is -0.432. The van der Waals surface area contributed by atoms with E-state index >= 15 is 0 Å². The van der Waals surface area contributed by atoms with Crippen molar-refractivity contribution < 1.29 is 14.8 Å².